The average molecular weight is 483 g/mol. The van der Waals surface area contributed by atoms with Crippen molar-refractivity contribution in [1.82, 2.24) is 0 Å². The van der Waals surface area contributed by atoms with E-state index in [9.17, 15) is 9.59 Å². The van der Waals surface area contributed by atoms with E-state index in [4.69, 9.17) is 18.9 Å². The van der Waals surface area contributed by atoms with Crippen LogP contribution in [-0.2, 0) is 39.7 Å². The van der Waals surface area contributed by atoms with Crippen molar-refractivity contribution in [3.8, 4) is 0 Å². The van der Waals surface area contributed by atoms with Crippen LogP contribution in [0.15, 0.2) is 84.9 Å². The fourth-order valence-electron chi connectivity index (χ4n) is 7.76. The molecule has 0 N–H and O–H groups in total. The zero-order valence-electron chi connectivity index (χ0n) is 20.0. The van der Waals surface area contributed by atoms with Crippen molar-refractivity contribution >= 4 is 11.9 Å². The van der Waals surface area contributed by atoms with E-state index < -0.39 is 47.2 Å². The maximum Gasteiger partial charge on any atom is 0.312 e. The van der Waals surface area contributed by atoms with Crippen LogP contribution in [0.2, 0.25) is 0 Å². The molecule has 4 aliphatic heterocycles. The van der Waals surface area contributed by atoms with Crippen LogP contribution >= 0.6 is 0 Å². The molecule has 4 heterocycles. The van der Waals surface area contributed by atoms with Crippen LogP contribution in [0.5, 0.6) is 0 Å². The average Bonchev–Trinajstić information content (AvgIpc) is 3.68. The minimum atomic E-state index is -0.842. The topological polar surface area (TPSA) is 71.1 Å². The van der Waals surface area contributed by atoms with Gasteiger partial charge < -0.3 is 18.9 Å². The minimum absolute atomic E-state index is 0.204. The van der Waals surface area contributed by atoms with Crippen molar-refractivity contribution in [1.29, 1.82) is 0 Å². The molecule has 0 aromatic heterocycles. The molecule has 7 rings (SSSR count). The number of fused-ring (bicyclic) bond motifs is 12. The molecule has 182 valence electrons. The molecule has 0 aliphatic carbocycles. The number of carbonyl (C=O) groups is 2. The van der Waals surface area contributed by atoms with E-state index in [1.165, 1.54) is 14.2 Å². The quantitative estimate of drug-likeness (QED) is 0.527. The molecule has 3 saturated heterocycles. The van der Waals surface area contributed by atoms with Crippen LogP contribution in [-0.4, -0.2) is 38.4 Å². The van der Waals surface area contributed by atoms with Gasteiger partial charge in [0.2, 0.25) is 0 Å². The molecule has 3 aromatic carbocycles. The van der Waals surface area contributed by atoms with Gasteiger partial charge in [0.1, 0.15) is 11.2 Å². The van der Waals surface area contributed by atoms with Gasteiger partial charge in [0.15, 0.2) is 0 Å². The number of benzene rings is 3. The highest BCUT2D eigenvalue weighted by molar-refractivity contribution is 5.85. The zero-order valence-corrected chi connectivity index (χ0v) is 20.0. The highest BCUT2D eigenvalue weighted by Gasteiger charge is 2.82. The molecule has 0 radical (unpaired) electrons. The summed E-state index contributed by atoms with van der Waals surface area (Å²) in [7, 11) is 2.70. The van der Waals surface area contributed by atoms with Crippen molar-refractivity contribution in [3.63, 3.8) is 0 Å². The lowest BCUT2D eigenvalue weighted by Crippen LogP contribution is -2.54. The smallest absolute Gasteiger partial charge is 0.312 e. The van der Waals surface area contributed by atoms with Crippen LogP contribution in [0.3, 0.4) is 0 Å². The van der Waals surface area contributed by atoms with Gasteiger partial charge in [-0.3, -0.25) is 9.59 Å². The third kappa shape index (κ3) is 2.39. The lowest BCUT2D eigenvalue weighted by Gasteiger charge is -2.44. The molecule has 4 aliphatic rings. The Morgan fingerprint density at radius 2 is 1.03 bits per heavy atom. The predicted octanol–water partition coefficient (Wildman–Crippen LogP) is 3.81. The first-order valence-electron chi connectivity index (χ1n) is 12.3. The number of carbonyl (C=O) groups excluding carboxylic acids is 2. The predicted molar refractivity (Wildman–Crippen MR) is 129 cm³/mol. The Hall–Kier alpha value is -3.48. The van der Waals surface area contributed by atoms with Crippen molar-refractivity contribution in [2.45, 2.75) is 23.4 Å². The Bertz CT molecular complexity index is 1250. The van der Waals surface area contributed by atoms with E-state index in [2.05, 4.69) is 36.4 Å². The summed E-state index contributed by atoms with van der Waals surface area (Å²) >= 11 is 0. The lowest BCUT2D eigenvalue weighted by atomic mass is 9.53. The summed E-state index contributed by atoms with van der Waals surface area (Å²) in [5, 5.41) is 0. The second kappa shape index (κ2) is 7.51. The fourth-order valence-corrected chi connectivity index (χ4v) is 7.76. The Kier molecular flexibility index (Phi) is 4.54. The van der Waals surface area contributed by atoms with E-state index in [1.54, 1.807) is 0 Å². The van der Waals surface area contributed by atoms with Crippen LogP contribution in [0.1, 0.15) is 22.3 Å². The molecule has 7 unspecified atom stereocenters. The zero-order chi connectivity index (χ0) is 24.7. The molecule has 6 heteroatoms. The molecular formula is C30H26O6. The number of hydrogen-bond acceptors (Lipinski definition) is 6. The summed E-state index contributed by atoms with van der Waals surface area (Å²) in [5.41, 5.74) is 2.50. The van der Waals surface area contributed by atoms with Gasteiger partial charge in [0, 0.05) is 11.8 Å². The third-order valence-electron chi connectivity index (χ3n) is 8.84. The molecular weight excluding hydrogens is 456 g/mol. The van der Waals surface area contributed by atoms with Gasteiger partial charge in [-0.1, -0.05) is 84.9 Å². The molecule has 0 spiro atoms. The molecule has 6 nitrogen and oxygen atoms in total. The van der Waals surface area contributed by atoms with E-state index >= 15 is 0 Å². The van der Waals surface area contributed by atoms with Crippen LogP contribution in [0, 0.1) is 23.7 Å². The molecule has 0 saturated carbocycles. The second-order valence-corrected chi connectivity index (χ2v) is 10.1. The van der Waals surface area contributed by atoms with Gasteiger partial charge in [-0.05, 0) is 22.3 Å². The Morgan fingerprint density at radius 3 is 1.42 bits per heavy atom. The highest BCUT2D eigenvalue weighted by atomic mass is 16.6. The SMILES string of the molecule is COC(=O)C1C2O[C@H](C1C(=O)OC)C1C2C2(c3ccccc3)OC1(c1ccccc1)c1ccccc12. The van der Waals surface area contributed by atoms with Crippen molar-refractivity contribution < 1.29 is 28.5 Å². The minimum Gasteiger partial charge on any atom is -0.469 e. The summed E-state index contributed by atoms with van der Waals surface area (Å²) in [6, 6.07) is 28.6. The summed E-state index contributed by atoms with van der Waals surface area (Å²) in [5.74, 6) is -2.85. The largest absolute Gasteiger partial charge is 0.469 e. The van der Waals surface area contributed by atoms with E-state index in [0.29, 0.717) is 0 Å². The lowest BCUT2D eigenvalue weighted by molar-refractivity contribution is -0.160. The highest BCUT2D eigenvalue weighted by Crippen LogP contribution is 2.75. The first-order valence-corrected chi connectivity index (χ1v) is 12.3. The van der Waals surface area contributed by atoms with Crippen LogP contribution in [0.4, 0.5) is 0 Å². The molecule has 3 aromatic rings. The van der Waals surface area contributed by atoms with Crippen LogP contribution < -0.4 is 0 Å². The monoisotopic (exact) mass is 482 g/mol. The number of hydrogen-bond donors (Lipinski definition) is 0. The van der Waals surface area contributed by atoms with Crippen molar-refractivity contribution in [3.05, 3.63) is 107 Å². The molecule has 4 bridgehead atoms. The van der Waals surface area contributed by atoms with Gasteiger partial charge in [-0.25, -0.2) is 0 Å². The maximum absolute atomic E-state index is 13.1. The first kappa shape index (κ1) is 21.8. The molecule has 8 atom stereocenters. The Balaban J connectivity index is 1.54. The van der Waals surface area contributed by atoms with Gasteiger partial charge in [0.05, 0.1) is 38.3 Å². The summed E-state index contributed by atoms with van der Waals surface area (Å²) < 4.78 is 24.4. The van der Waals surface area contributed by atoms with Crippen molar-refractivity contribution in [2.75, 3.05) is 14.2 Å². The summed E-state index contributed by atoms with van der Waals surface area (Å²) in [6.07, 6.45) is -1.12. The Morgan fingerprint density at radius 1 is 0.639 bits per heavy atom. The molecule has 0 amide bonds. The number of rotatable bonds is 4. The second-order valence-electron chi connectivity index (χ2n) is 10.1. The van der Waals surface area contributed by atoms with E-state index in [1.807, 2.05) is 48.5 Å². The number of esters is 2. The van der Waals surface area contributed by atoms with E-state index in [-0.39, 0.29) is 11.8 Å². The number of methoxy groups -OCH3 is 2. The van der Waals surface area contributed by atoms with Crippen LogP contribution in [0.25, 0.3) is 0 Å². The van der Waals surface area contributed by atoms with Gasteiger partial charge in [0.25, 0.3) is 0 Å². The van der Waals surface area contributed by atoms with Gasteiger partial charge in [-0.15, -0.1) is 0 Å². The fraction of sp³-hybridized carbons (Fsp3) is 0.333. The number of ether oxygens (including phenoxy) is 4. The standard InChI is InChI=1S/C30H26O6/c1-33-27(31)21-22(28(32)34-2)26-24-23(25(21)35-26)29(17-11-5-3-6-12-17)19-15-9-10-16-20(19)30(24,36-29)18-13-7-4-8-14-18/h3-16,21-26H,1-2H3/t21?,22?,23?,24?,25-,26?,29?,30?/m1/s1. The van der Waals surface area contributed by atoms with Crippen molar-refractivity contribution in [2.24, 2.45) is 23.7 Å². The molecule has 3 fully saturated rings. The van der Waals surface area contributed by atoms with Gasteiger partial charge in [-0.2, -0.15) is 0 Å². The van der Waals surface area contributed by atoms with Gasteiger partial charge >= 0.3 is 11.9 Å². The summed E-state index contributed by atoms with van der Waals surface area (Å²) in [4.78, 5) is 26.2. The Labute approximate surface area is 209 Å². The summed E-state index contributed by atoms with van der Waals surface area (Å²) in [6.45, 7) is 0. The third-order valence-corrected chi connectivity index (χ3v) is 8.84. The maximum atomic E-state index is 13.1. The normalized spacial score (nSPS) is 36.8. The first-order chi connectivity index (χ1) is 17.6. The molecule has 36 heavy (non-hydrogen) atoms. The van der Waals surface area contributed by atoms with E-state index in [0.717, 1.165) is 22.3 Å².